The Hall–Kier alpha value is -0.830. The SMILES string of the molecule is CC(C)Nc1ncnc(Cl)c1C(C)C. The molecule has 0 saturated heterocycles. The van der Waals surface area contributed by atoms with E-state index in [2.05, 4.69) is 43.0 Å². The van der Waals surface area contributed by atoms with Gasteiger partial charge < -0.3 is 5.32 Å². The van der Waals surface area contributed by atoms with E-state index in [4.69, 9.17) is 11.6 Å². The predicted molar refractivity (Wildman–Crippen MR) is 59.9 cm³/mol. The fourth-order valence-electron chi connectivity index (χ4n) is 1.27. The topological polar surface area (TPSA) is 37.8 Å². The minimum Gasteiger partial charge on any atom is -0.368 e. The summed E-state index contributed by atoms with van der Waals surface area (Å²) in [5.74, 6) is 1.17. The highest BCUT2D eigenvalue weighted by molar-refractivity contribution is 6.30. The van der Waals surface area contributed by atoms with Gasteiger partial charge in [0.15, 0.2) is 0 Å². The summed E-state index contributed by atoms with van der Waals surface area (Å²) in [5.41, 5.74) is 0.989. The third kappa shape index (κ3) is 2.58. The molecule has 1 rings (SSSR count). The average Bonchev–Trinajstić information content (AvgIpc) is 2.01. The maximum atomic E-state index is 6.02. The molecule has 0 aliphatic rings. The average molecular weight is 214 g/mol. The number of rotatable bonds is 3. The lowest BCUT2D eigenvalue weighted by Gasteiger charge is -2.16. The van der Waals surface area contributed by atoms with Gasteiger partial charge in [-0.2, -0.15) is 0 Å². The summed E-state index contributed by atoms with van der Waals surface area (Å²) >= 11 is 6.02. The van der Waals surface area contributed by atoms with Gasteiger partial charge in [0.2, 0.25) is 0 Å². The lowest BCUT2D eigenvalue weighted by Crippen LogP contribution is -2.14. The highest BCUT2D eigenvalue weighted by Gasteiger charge is 2.13. The highest BCUT2D eigenvalue weighted by Crippen LogP contribution is 2.28. The van der Waals surface area contributed by atoms with E-state index in [0.717, 1.165) is 11.4 Å². The van der Waals surface area contributed by atoms with Crippen molar-refractivity contribution in [3.05, 3.63) is 17.0 Å². The molecule has 3 nitrogen and oxygen atoms in total. The number of halogens is 1. The van der Waals surface area contributed by atoms with Gasteiger partial charge in [-0.3, -0.25) is 0 Å². The van der Waals surface area contributed by atoms with Crippen LogP contribution in [0.5, 0.6) is 0 Å². The third-order valence-electron chi connectivity index (χ3n) is 1.84. The Bertz CT molecular complexity index is 310. The molecule has 0 unspecified atom stereocenters. The molecule has 0 bridgehead atoms. The predicted octanol–water partition coefficient (Wildman–Crippen LogP) is 3.07. The molecule has 0 spiro atoms. The van der Waals surface area contributed by atoms with E-state index in [1.807, 2.05) is 0 Å². The Morgan fingerprint density at radius 2 is 1.86 bits per heavy atom. The van der Waals surface area contributed by atoms with Crippen molar-refractivity contribution in [1.82, 2.24) is 9.97 Å². The van der Waals surface area contributed by atoms with E-state index in [1.54, 1.807) is 0 Å². The van der Waals surface area contributed by atoms with Crippen LogP contribution in [0.1, 0.15) is 39.2 Å². The standard InChI is InChI=1S/C10H16ClN3/c1-6(2)8-9(11)12-5-13-10(8)14-7(3)4/h5-7H,1-4H3,(H,12,13,14). The molecular weight excluding hydrogens is 198 g/mol. The van der Waals surface area contributed by atoms with Crippen LogP contribution in [-0.4, -0.2) is 16.0 Å². The van der Waals surface area contributed by atoms with Gasteiger partial charge >= 0.3 is 0 Å². The van der Waals surface area contributed by atoms with Crippen LogP contribution in [0.15, 0.2) is 6.33 Å². The second-order valence-electron chi connectivity index (χ2n) is 3.88. The first-order valence-corrected chi connectivity index (χ1v) is 5.17. The Morgan fingerprint density at radius 1 is 1.21 bits per heavy atom. The van der Waals surface area contributed by atoms with E-state index < -0.39 is 0 Å². The van der Waals surface area contributed by atoms with Crippen molar-refractivity contribution < 1.29 is 0 Å². The van der Waals surface area contributed by atoms with Gasteiger partial charge in [-0.05, 0) is 19.8 Å². The van der Waals surface area contributed by atoms with Gasteiger partial charge in [-0.1, -0.05) is 25.4 Å². The van der Waals surface area contributed by atoms with Crippen LogP contribution in [0.3, 0.4) is 0 Å². The largest absolute Gasteiger partial charge is 0.368 e. The first-order chi connectivity index (χ1) is 6.52. The second kappa shape index (κ2) is 4.60. The zero-order valence-electron chi connectivity index (χ0n) is 9.00. The second-order valence-corrected chi connectivity index (χ2v) is 4.24. The van der Waals surface area contributed by atoms with E-state index in [1.165, 1.54) is 6.33 Å². The molecule has 0 aliphatic carbocycles. The monoisotopic (exact) mass is 213 g/mol. The molecule has 1 heterocycles. The first kappa shape index (κ1) is 11.2. The lowest BCUT2D eigenvalue weighted by molar-refractivity contribution is 0.824. The third-order valence-corrected chi connectivity index (χ3v) is 2.14. The molecule has 1 aromatic rings. The van der Waals surface area contributed by atoms with Crippen LogP contribution < -0.4 is 5.32 Å². The van der Waals surface area contributed by atoms with Crippen molar-refractivity contribution in [2.24, 2.45) is 0 Å². The number of anilines is 1. The summed E-state index contributed by atoms with van der Waals surface area (Å²) in [7, 11) is 0. The molecule has 0 aromatic carbocycles. The van der Waals surface area contributed by atoms with Gasteiger partial charge in [-0.25, -0.2) is 9.97 Å². The molecule has 14 heavy (non-hydrogen) atoms. The van der Waals surface area contributed by atoms with Gasteiger partial charge in [0.05, 0.1) is 0 Å². The van der Waals surface area contributed by atoms with Crippen LogP contribution in [0.2, 0.25) is 5.15 Å². The summed E-state index contributed by atoms with van der Waals surface area (Å²) in [6.45, 7) is 8.30. The number of hydrogen-bond acceptors (Lipinski definition) is 3. The first-order valence-electron chi connectivity index (χ1n) is 4.79. The maximum absolute atomic E-state index is 6.02. The Kier molecular flexibility index (Phi) is 3.69. The van der Waals surface area contributed by atoms with Crippen LogP contribution in [0.25, 0.3) is 0 Å². The Labute approximate surface area is 89.9 Å². The summed E-state index contributed by atoms with van der Waals surface area (Å²) in [6.07, 6.45) is 1.49. The maximum Gasteiger partial charge on any atom is 0.138 e. The molecule has 1 aromatic heterocycles. The van der Waals surface area contributed by atoms with Crippen molar-refractivity contribution in [3.63, 3.8) is 0 Å². The van der Waals surface area contributed by atoms with E-state index in [9.17, 15) is 0 Å². The van der Waals surface area contributed by atoms with Crippen molar-refractivity contribution in [2.75, 3.05) is 5.32 Å². The molecule has 4 heteroatoms. The van der Waals surface area contributed by atoms with Crippen molar-refractivity contribution in [2.45, 2.75) is 39.7 Å². The van der Waals surface area contributed by atoms with E-state index in [0.29, 0.717) is 17.1 Å². The Balaban J connectivity index is 3.08. The number of aromatic nitrogens is 2. The molecule has 0 aliphatic heterocycles. The minimum absolute atomic E-state index is 0.324. The van der Waals surface area contributed by atoms with E-state index in [-0.39, 0.29) is 0 Å². The number of nitrogens with zero attached hydrogens (tertiary/aromatic N) is 2. The summed E-state index contributed by atoms with van der Waals surface area (Å²) in [4.78, 5) is 8.18. The van der Waals surface area contributed by atoms with Gasteiger partial charge in [-0.15, -0.1) is 0 Å². The van der Waals surface area contributed by atoms with Gasteiger partial charge in [0.1, 0.15) is 17.3 Å². The van der Waals surface area contributed by atoms with Gasteiger partial charge in [0, 0.05) is 11.6 Å². The van der Waals surface area contributed by atoms with Crippen LogP contribution in [-0.2, 0) is 0 Å². The van der Waals surface area contributed by atoms with Crippen molar-refractivity contribution >= 4 is 17.4 Å². The summed E-state index contributed by atoms with van der Waals surface area (Å²) in [6, 6.07) is 0.346. The summed E-state index contributed by atoms with van der Waals surface area (Å²) < 4.78 is 0. The normalized spacial score (nSPS) is 11.1. The lowest BCUT2D eigenvalue weighted by atomic mass is 10.1. The number of nitrogens with one attached hydrogen (secondary N) is 1. The van der Waals surface area contributed by atoms with Crippen LogP contribution in [0.4, 0.5) is 5.82 Å². The fourth-order valence-corrected chi connectivity index (χ4v) is 1.63. The van der Waals surface area contributed by atoms with Crippen molar-refractivity contribution in [3.8, 4) is 0 Å². The molecule has 0 fully saturated rings. The molecule has 1 N–H and O–H groups in total. The molecule has 0 radical (unpaired) electrons. The zero-order valence-corrected chi connectivity index (χ0v) is 9.76. The number of hydrogen-bond donors (Lipinski definition) is 1. The van der Waals surface area contributed by atoms with Crippen LogP contribution >= 0.6 is 11.6 Å². The van der Waals surface area contributed by atoms with Gasteiger partial charge in [0.25, 0.3) is 0 Å². The quantitative estimate of drug-likeness (QED) is 0.785. The Morgan fingerprint density at radius 3 is 2.36 bits per heavy atom. The molecular formula is C10H16ClN3. The van der Waals surface area contributed by atoms with E-state index >= 15 is 0 Å². The zero-order chi connectivity index (χ0) is 10.7. The summed E-state index contributed by atoms with van der Waals surface area (Å²) in [5, 5.41) is 3.80. The molecule has 78 valence electrons. The fraction of sp³-hybridized carbons (Fsp3) is 0.600. The smallest absolute Gasteiger partial charge is 0.138 e. The minimum atomic E-state index is 0.324. The van der Waals surface area contributed by atoms with Crippen molar-refractivity contribution in [1.29, 1.82) is 0 Å². The highest BCUT2D eigenvalue weighted by atomic mass is 35.5. The molecule has 0 amide bonds. The van der Waals surface area contributed by atoms with Crippen LogP contribution in [0, 0.1) is 0 Å². The molecule has 0 atom stereocenters. The molecule has 0 saturated carbocycles.